The maximum Gasteiger partial charge on any atom is 0.308 e. The van der Waals surface area contributed by atoms with E-state index in [9.17, 15) is 4.79 Å². The second-order valence-corrected chi connectivity index (χ2v) is 4.32. The number of ether oxygens (including phenoxy) is 1. The fraction of sp³-hybridized carbons (Fsp3) is 0.800. The topological polar surface area (TPSA) is 50.1 Å². The van der Waals surface area contributed by atoms with Crippen LogP contribution in [0.4, 0.5) is 0 Å². The van der Waals surface area contributed by atoms with Crippen molar-refractivity contribution in [3.8, 4) is 5.40 Å². The van der Waals surface area contributed by atoms with Crippen LogP contribution in [-0.2, 0) is 9.53 Å². The van der Waals surface area contributed by atoms with E-state index in [2.05, 4.69) is 0 Å². The predicted molar refractivity (Wildman–Crippen MR) is 55.6 cm³/mol. The first-order valence-corrected chi connectivity index (χ1v) is 6.00. The van der Waals surface area contributed by atoms with Gasteiger partial charge in [0.1, 0.15) is 12.0 Å². The molecule has 0 radical (unpaired) electrons. The van der Waals surface area contributed by atoms with Crippen LogP contribution < -0.4 is 0 Å². The lowest BCUT2D eigenvalue weighted by atomic mass is 9.89. The minimum atomic E-state index is -0.0664. The molecule has 0 aromatic carbocycles. The Labute approximate surface area is 88.8 Å². The summed E-state index contributed by atoms with van der Waals surface area (Å²) in [6, 6.07) is 0. The number of thiocyanates is 1. The second kappa shape index (κ2) is 6.72. The van der Waals surface area contributed by atoms with Gasteiger partial charge in [-0.05, 0) is 24.6 Å². The monoisotopic (exact) mass is 213 g/mol. The molecule has 1 saturated carbocycles. The van der Waals surface area contributed by atoms with Crippen molar-refractivity contribution < 1.29 is 9.53 Å². The van der Waals surface area contributed by atoms with Gasteiger partial charge in [-0.1, -0.05) is 19.3 Å². The summed E-state index contributed by atoms with van der Waals surface area (Å²) in [4.78, 5) is 11.4. The molecule has 1 rings (SSSR count). The summed E-state index contributed by atoms with van der Waals surface area (Å²) >= 11 is 1.13. The average molecular weight is 213 g/mol. The Kier molecular flexibility index (Phi) is 5.46. The molecule has 78 valence electrons. The van der Waals surface area contributed by atoms with Crippen LogP contribution in [0.25, 0.3) is 0 Å². The Morgan fingerprint density at radius 1 is 1.43 bits per heavy atom. The Morgan fingerprint density at radius 3 is 2.79 bits per heavy atom. The molecule has 0 aliphatic heterocycles. The van der Waals surface area contributed by atoms with Gasteiger partial charge in [0.2, 0.25) is 0 Å². The van der Waals surface area contributed by atoms with Crippen molar-refractivity contribution in [1.29, 1.82) is 5.26 Å². The summed E-state index contributed by atoms with van der Waals surface area (Å²) < 4.78 is 5.07. The minimum absolute atomic E-state index is 0.0664. The van der Waals surface area contributed by atoms with Crippen LogP contribution in [0, 0.1) is 16.6 Å². The zero-order chi connectivity index (χ0) is 10.2. The van der Waals surface area contributed by atoms with Crippen LogP contribution in [0.15, 0.2) is 0 Å². The Morgan fingerprint density at radius 2 is 2.14 bits per heavy atom. The molecule has 0 amide bonds. The van der Waals surface area contributed by atoms with E-state index in [1.807, 2.05) is 5.40 Å². The molecule has 0 heterocycles. The van der Waals surface area contributed by atoms with Gasteiger partial charge >= 0.3 is 5.97 Å². The fourth-order valence-electron chi connectivity index (χ4n) is 1.69. The van der Waals surface area contributed by atoms with Gasteiger partial charge in [0.25, 0.3) is 0 Å². The summed E-state index contributed by atoms with van der Waals surface area (Å²) in [5, 5.41) is 10.2. The van der Waals surface area contributed by atoms with Crippen molar-refractivity contribution in [1.82, 2.24) is 0 Å². The molecule has 0 aromatic rings. The van der Waals surface area contributed by atoms with Crippen LogP contribution in [0.3, 0.4) is 0 Å². The van der Waals surface area contributed by atoms with Crippen LogP contribution in [0.2, 0.25) is 0 Å². The molecule has 0 N–H and O–H groups in total. The number of rotatable bonds is 4. The first kappa shape index (κ1) is 11.4. The van der Waals surface area contributed by atoms with Crippen molar-refractivity contribution in [2.45, 2.75) is 32.1 Å². The Hall–Kier alpha value is -0.690. The van der Waals surface area contributed by atoms with E-state index >= 15 is 0 Å². The maximum atomic E-state index is 11.4. The molecule has 1 fully saturated rings. The van der Waals surface area contributed by atoms with Gasteiger partial charge in [0.15, 0.2) is 0 Å². The third kappa shape index (κ3) is 4.01. The van der Waals surface area contributed by atoms with Gasteiger partial charge in [0, 0.05) is 5.75 Å². The number of carbonyl (C=O) groups is 1. The summed E-state index contributed by atoms with van der Waals surface area (Å²) in [7, 11) is 0. The SMILES string of the molecule is N#CSCCOC(=O)C1CCCCC1. The maximum absolute atomic E-state index is 11.4. The molecule has 1 aliphatic rings. The Balaban J connectivity index is 2.11. The van der Waals surface area contributed by atoms with Crippen LogP contribution >= 0.6 is 11.8 Å². The molecule has 0 bridgehead atoms. The molecule has 0 spiro atoms. The number of thioether (sulfide) groups is 1. The summed E-state index contributed by atoms with van der Waals surface area (Å²) in [6.45, 7) is 0.369. The third-order valence-corrected chi connectivity index (χ3v) is 2.93. The number of hydrogen-bond donors (Lipinski definition) is 0. The summed E-state index contributed by atoms with van der Waals surface area (Å²) in [5.74, 6) is 0.633. The van der Waals surface area contributed by atoms with Crippen molar-refractivity contribution in [3.05, 3.63) is 0 Å². The number of hydrogen-bond acceptors (Lipinski definition) is 4. The van der Waals surface area contributed by atoms with Crippen LogP contribution in [-0.4, -0.2) is 18.3 Å². The first-order chi connectivity index (χ1) is 6.84. The molecule has 3 nitrogen and oxygen atoms in total. The van der Waals surface area contributed by atoms with Gasteiger partial charge in [-0.3, -0.25) is 4.79 Å². The van der Waals surface area contributed by atoms with Crippen molar-refractivity contribution >= 4 is 17.7 Å². The molecular weight excluding hydrogens is 198 g/mol. The smallest absolute Gasteiger partial charge is 0.308 e. The lowest BCUT2D eigenvalue weighted by molar-refractivity contribution is -0.148. The summed E-state index contributed by atoms with van der Waals surface area (Å²) in [6.07, 6.45) is 5.49. The minimum Gasteiger partial charge on any atom is -0.465 e. The lowest BCUT2D eigenvalue weighted by Gasteiger charge is -2.19. The van der Waals surface area contributed by atoms with Gasteiger partial charge in [-0.25, -0.2) is 0 Å². The van der Waals surface area contributed by atoms with E-state index < -0.39 is 0 Å². The number of nitriles is 1. The number of esters is 1. The molecular formula is C10H15NO2S. The largest absolute Gasteiger partial charge is 0.465 e. The number of carbonyl (C=O) groups excluding carboxylic acids is 1. The molecule has 1 aliphatic carbocycles. The molecule has 0 atom stereocenters. The highest BCUT2D eigenvalue weighted by Crippen LogP contribution is 2.24. The van der Waals surface area contributed by atoms with Gasteiger partial charge in [0.05, 0.1) is 5.92 Å². The van der Waals surface area contributed by atoms with Crippen LogP contribution in [0.1, 0.15) is 32.1 Å². The highest BCUT2D eigenvalue weighted by molar-refractivity contribution is 8.03. The fourth-order valence-corrected chi connectivity index (χ4v) is 1.94. The van der Waals surface area contributed by atoms with Crippen molar-refractivity contribution in [3.63, 3.8) is 0 Å². The average Bonchev–Trinajstić information content (AvgIpc) is 2.25. The highest BCUT2D eigenvalue weighted by atomic mass is 32.2. The predicted octanol–water partition coefficient (Wildman–Crippen LogP) is 2.32. The third-order valence-electron chi connectivity index (χ3n) is 2.43. The van der Waals surface area contributed by atoms with Gasteiger partial charge in [-0.15, -0.1) is 0 Å². The molecule has 0 saturated heterocycles. The summed E-state index contributed by atoms with van der Waals surface area (Å²) in [5.41, 5.74) is 0. The molecule has 0 unspecified atom stereocenters. The lowest BCUT2D eigenvalue weighted by Crippen LogP contribution is -2.21. The van der Waals surface area contributed by atoms with Gasteiger partial charge in [-0.2, -0.15) is 5.26 Å². The Bertz CT molecular complexity index is 219. The quantitative estimate of drug-likeness (QED) is 0.408. The van der Waals surface area contributed by atoms with Crippen molar-refractivity contribution in [2.75, 3.05) is 12.4 Å². The second-order valence-electron chi connectivity index (χ2n) is 3.44. The van der Waals surface area contributed by atoms with E-state index in [1.165, 1.54) is 6.42 Å². The highest BCUT2D eigenvalue weighted by Gasteiger charge is 2.21. The van der Waals surface area contributed by atoms with E-state index in [1.54, 1.807) is 0 Å². The zero-order valence-electron chi connectivity index (χ0n) is 8.20. The zero-order valence-corrected chi connectivity index (χ0v) is 9.02. The standard InChI is InChI=1S/C10H15NO2S/c11-8-14-7-6-13-10(12)9-4-2-1-3-5-9/h9H,1-7H2. The van der Waals surface area contributed by atoms with Gasteiger partial charge < -0.3 is 4.74 Å². The number of nitrogens with zero attached hydrogens (tertiary/aromatic N) is 1. The molecule has 0 aromatic heterocycles. The van der Waals surface area contributed by atoms with E-state index in [-0.39, 0.29) is 11.9 Å². The van der Waals surface area contributed by atoms with E-state index in [0.717, 1.165) is 37.4 Å². The van der Waals surface area contributed by atoms with E-state index in [4.69, 9.17) is 10.00 Å². The van der Waals surface area contributed by atoms with Crippen LogP contribution in [0.5, 0.6) is 0 Å². The molecule has 14 heavy (non-hydrogen) atoms. The first-order valence-electron chi connectivity index (χ1n) is 5.02. The van der Waals surface area contributed by atoms with E-state index in [0.29, 0.717) is 12.4 Å². The van der Waals surface area contributed by atoms with Crippen molar-refractivity contribution in [2.24, 2.45) is 5.92 Å². The molecule has 4 heteroatoms. The normalized spacial score (nSPS) is 17.4.